The highest BCUT2D eigenvalue weighted by Gasteiger charge is 2.20. The first kappa shape index (κ1) is 15.3. The summed E-state index contributed by atoms with van der Waals surface area (Å²) in [4.78, 5) is 24.2. The lowest BCUT2D eigenvalue weighted by atomic mass is 9.97. The Morgan fingerprint density at radius 1 is 1.48 bits per heavy atom. The standard InChI is InChI=1S/C17H20N4O2/c1-11(12-9-19-21(2)10-12)8-16(22)20-15-5-3-4-14-13(15)6-7-18-17(14)23/h3-5,9-11H,6-8H2,1-2H3,(H,18,23)(H,20,22). The van der Waals surface area contributed by atoms with E-state index in [-0.39, 0.29) is 17.7 Å². The second kappa shape index (κ2) is 6.24. The molecule has 0 spiro atoms. The number of aromatic nitrogens is 2. The Hall–Kier alpha value is -2.63. The van der Waals surface area contributed by atoms with Gasteiger partial charge in [-0.2, -0.15) is 5.10 Å². The van der Waals surface area contributed by atoms with Crippen LogP contribution in [0.3, 0.4) is 0 Å². The van der Waals surface area contributed by atoms with Crippen LogP contribution in [0.4, 0.5) is 5.69 Å². The molecule has 120 valence electrons. The summed E-state index contributed by atoms with van der Waals surface area (Å²) in [6, 6.07) is 5.44. The number of carbonyl (C=O) groups is 2. The van der Waals surface area contributed by atoms with Crippen molar-refractivity contribution in [1.29, 1.82) is 0 Å². The van der Waals surface area contributed by atoms with Gasteiger partial charge in [0.05, 0.1) is 6.20 Å². The number of nitrogens with zero attached hydrogens (tertiary/aromatic N) is 2. The third-order valence-corrected chi connectivity index (χ3v) is 4.14. The summed E-state index contributed by atoms with van der Waals surface area (Å²) in [7, 11) is 1.86. The zero-order valence-corrected chi connectivity index (χ0v) is 13.3. The lowest BCUT2D eigenvalue weighted by Crippen LogP contribution is -2.32. The van der Waals surface area contributed by atoms with E-state index in [1.165, 1.54) is 0 Å². The van der Waals surface area contributed by atoms with E-state index in [2.05, 4.69) is 15.7 Å². The van der Waals surface area contributed by atoms with Crippen molar-refractivity contribution >= 4 is 17.5 Å². The Balaban J connectivity index is 1.71. The molecule has 2 amide bonds. The second-order valence-electron chi connectivity index (χ2n) is 5.94. The monoisotopic (exact) mass is 312 g/mol. The average Bonchev–Trinajstić information content (AvgIpc) is 2.95. The zero-order chi connectivity index (χ0) is 16.4. The van der Waals surface area contributed by atoms with Gasteiger partial charge in [-0.15, -0.1) is 0 Å². The number of nitrogens with one attached hydrogen (secondary N) is 2. The van der Waals surface area contributed by atoms with Crippen LogP contribution in [-0.2, 0) is 18.3 Å². The number of hydrogen-bond donors (Lipinski definition) is 2. The molecule has 1 unspecified atom stereocenters. The van der Waals surface area contributed by atoms with Crippen molar-refractivity contribution in [2.45, 2.75) is 25.7 Å². The first-order valence-corrected chi connectivity index (χ1v) is 7.73. The highest BCUT2D eigenvalue weighted by atomic mass is 16.2. The fourth-order valence-electron chi connectivity index (χ4n) is 2.87. The maximum Gasteiger partial charge on any atom is 0.251 e. The predicted molar refractivity (Wildman–Crippen MR) is 87.3 cm³/mol. The molecular formula is C17H20N4O2. The van der Waals surface area contributed by atoms with Crippen LogP contribution in [-0.4, -0.2) is 28.1 Å². The Morgan fingerprint density at radius 2 is 2.30 bits per heavy atom. The number of amides is 2. The van der Waals surface area contributed by atoms with E-state index in [4.69, 9.17) is 0 Å². The van der Waals surface area contributed by atoms with E-state index < -0.39 is 0 Å². The number of fused-ring (bicyclic) bond motifs is 1. The number of aryl methyl sites for hydroxylation is 1. The summed E-state index contributed by atoms with van der Waals surface area (Å²) in [6.45, 7) is 2.61. The molecule has 1 aliphatic heterocycles. The molecule has 23 heavy (non-hydrogen) atoms. The maximum atomic E-state index is 12.3. The number of rotatable bonds is 4. The molecule has 3 rings (SSSR count). The van der Waals surface area contributed by atoms with Crippen molar-refractivity contribution in [3.05, 3.63) is 47.3 Å². The topological polar surface area (TPSA) is 76.0 Å². The Labute approximate surface area is 134 Å². The van der Waals surface area contributed by atoms with Gasteiger partial charge in [0.2, 0.25) is 5.91 Å². The molecule has 0 radical (unpaired) electrons. The molecule has 0 aliphatic carbocycles. The molecule has 1 aromatic heterocycles. The fraction of sp³-hybridized carbons (Fsp3) is 0.353. The summed E-state index contributed by atoms with van der Waals surface area (Å²) in [5, 5.41) is 9.90. The minimum Gasteiger partial charge on any atom is -0.352 e. The zero-order valence-electron chi connectivity index (χ0n) is 13.3. The highest BCUT2D eigenvalue weighted by Crippen LogP contribution is 2.24. The summed E-state index contributed by atoms with van der Waals surface area (Å²) >= 11 is 0. The van der Waals surface area contributed by atoms with Crippen LogP contribution < -0.4 is 10.6 Å². The lowest BCUT2D eigenvalue weighted by Gasteiger charge is -2.20. The molecule has 0 bridgehead atoms. The van der Waals surface area contributed by atoms with Gasteiger partial charge in [-0.3, -0.25) is 14.3 Å². The molecule has 2 heterocycles. The molecule has 1 aromatic carbocycles. The van der Waals surface area contributed by atoms with Gasteiger partial charge in [-0.05, 0) is 35.6 Å². The van der Waals surface area contributed by atoms with Crippen LogP contribution in [0.2, 0.25) is 0 Å². The normalized spacial score (nSPS) is 14.8. The molecule has 0 fully saturated rings. The molecule has 6 heteroatoms. The van der Waals surface area contributed by atoms with Crippen molar-refractivity contribution in [2.24, 2.45) is 7.05 Å². The van der Waals surface area contributed by atoms with Crippen LogP contribution in [0, 0.1) is 0 Å². The average molecular weight is 312 g/mol. The SMILES string of the molecule is CC(CC(=O)Nc1cccc2c1CCNC2=O)c1cnn(C)c1. The fourth-order valence-corrected chi connectivity index (χ4v) is 2.87. The van der Waals surface area contributed by atoms with E-state index in [9.17, 15) is 9.59 Å². The van der Waals surface area contributed by atoms with E-state index in [1.54, 1.807) is 23.0 Å². The molecule has 1 aliphatic rings. The van der Waals surface area contributed by atoms with Crippen molar-refractivity contribution < 1.29 is 9.59 Å². The Bertz CT molecular complexity index is 751. The van der Waals surface area contributed by atoms with Crippen LogP contribution in [0.1, 0.15) is 40.7 Å². The Morgan fingerprint density at radius 3 is 3.04 bits per heavy atom. The predicted octanol–water partition coefficient (Wildman–Crippen LogP) is 1.84. The van der Waals surface area contributed by atoms with E-state index in [0.29, 0.717) is 18.5 Å². The number of carbonyl (C=O) groups excluding carboxylic acids is 2. The van der Waals surface area contributed by atoms with Crippen LogP contribution in [0.25, 0.3) is 0 Å². The van der Waals surface area contributed by atoms with Gasteiger partial charge < -0.3 is 10.6 Å². The molecule has 1 atom stereocenters. The molecule has 2 N–H and O–H groups in total. The van der Waals surface area contributed by atoms with Gasteiger partial charge in [0.25, 0.3) is 5.91 Å². The summed E-state index contributed by atoms with van der Waals surface area (Å²) in [6.07, 6.45) is 4.82. The number of benzene rings is 1. The quantitative estimate of drug-likeness (QED) is 0.904. The third-order valence-electron chi connectivity index (χ3n) is 4.14. The maximum absolute atomic E-state index is 12.3. The number of anilines is 1. The molecule has 0 saturated carbocycles. The van der Waals surface area contributed by atoms with Crippen LogP contribution in [0.15, 0.2) is 30.6 Å². The van der Waals surface area contributed by atoms with Gasteiger partial charge >= 0.3 is 0 Å². The van der Waals surface area contributed by atoms with E-state index in [0.717, 1.165) is 23.2 Å². The van der Waals surface area contributed by atoms with Crippen molar-refractivity contribution in [1.82, 2.24) is 15.1 Å². The minimum atomic E-state index is -0.0777. The largest absolute Gasteiger partial charge is 0.352 e. The van der Waals surface area contributed by atoms with Gasteiger partial charge in [0.1, 0.15) is 0 Å². The molecule has 0 saturated heterocycles. The van der Waals surface area contributed by atoms with Crippen molar-refractivity contribution in [3.63, 3.8) is 0 Å². The summed E-state index contributed by atoms with van der Waals surface area (Å²) in [5.41, 5.74) is 3.34. The smallest absolute Gasteiger partial charge is 0.251 e. The number of hydrogen-bond acceptors (Lipinski definition) is 3. The molecule has 2 aromatic rings. The van der Waals surface area contributed by atoms with Crippen LogP contribution in [0.5, 0.6) is 0 Å². The first-order chi connectivity index (χ1) is 11.0. The van der Waals surface area contributed by atoms with Gasteiger partial charge in [0, 0.05) is 37.5 Å². The minimum absolute atomic E-state index is 0.0549. The second-order valence-corrected chi connectivity index (χ2v) is 5.94. The van der Waals surface area contributed by atoms with Gasteiger partial charge in [-0.25, -0.2) is 0 Å². The molecule has 6 nitrogen and oxygen atoms in total. The van der Waals surface area contributed by atoms with Crippen LogP contribution >= 0.6 is 0 Å². The third kappa shape index (κ3) is 3.26. The summed E-state index contributed by atoms with van der Waals surface area (Å²) in [5.74, 6) is -0.0432. The van der Waals surface area contributed by atoms with E-state index in [1.807, 2.05) is 26.2 Å². The van der Waals surface area contributed by atoms with E-state index >= 15 is 0 Å². The lowest BCUT2D eigenvalue weighted by molar-refractivity contribution is -0.116. The summed E-state index contributed by atoms with van der Waals surface area (Å²) < 4.78 is 1.73. The van der Waals surface area contributed by atoms with Crippen molar-refractivity contribution in [2.75, 3.05) is 11.9 Å². The van der Waals surface area contributed by atoms with Crippen molar-refractivity contribution in [3.8, 4) is 0 Å². The Kier molecular flexibility index (Phi) is 4.14. The molecular weight excluding hydrogens is 292 g/mol. The van der Waals surface area contributed by atoms with Gasteiger partial charge in [0.15, 0.2) is 0 Å². The highest BCUT2D eigenvalue weighted by molar-refractivity contribution is 6.00. The first-order valence-electron chi connectivity index (χ1n) is 7.73. The van der Waals surface area contributed by atoms with Gasteiger partial charge in [-0.1, -0.05) is 13.0 Å².